The van der Waals surface area contributed by atoms with Gasteiger partial charge in [0.05, 0.1) is 31.5 Å². The van der Waals surface area contributed by atoms with Crippen LogP contribution in [0.4, 0.5) is 4.39 Å². The van der Waals surface area contributed by atoms with Crippen LogP contribution in [-0.2, 0) is 22.7 Å². The standard InChI is InChI=1S/C20H23ClN4O.C13H20N4O.C7H5ClO.CH3F/c21-19-9-5-4-8-18(19)14-22-23-20(26)16-25-12-10-24(11-13-25)15-17-6-2-1-3-7-17;14-15-13(18)11-17-8-6-16(7-9-17)10-12-4-2-1-3-5-12;8-7-4-2-1-3-6(7)5-9;1-2/h1-9,14H,10-13,15-16H2,(H,23,26);1-5H,6-11,14H2,(H,15,18);1-5H;1H3/b22-14+;;;. The number of piperazine rings is 2. The first kappa shape index (κ1) is 44.9. The minimum absolute atomic E-state index is 0.107. The van der Waals surface area contributed by atoms with E-state index in [4.69, 9.17) is 29.0 Å². The Bertz CT molecular complexity index is 1720. The second-order valence-corrected chi connectivity index (χ2v) is 13.4. The van der Waals surface area contributed by atoms with Crippen LogP contribution in [0.5, 0.6) is 0 Å². The summed E-state index contributed by atoms with van der Waals surface area (Å²) in [4.78, 5) is 42.5. The quantitative estimate of drug-likeness (QED) is 0.0628. The van der Waals surface area contributed by atoms with Gasteiger partial charge in [0, 0.05) is 81.6 Å². The van der Waals surface area contributed by atoms with Gasteiger partial charge in [-0.1, -0.05) is 120 Å². The van der Waals surface area contributed by atoms with Gasteiger partial charge in [-0.05, 0) is 23.3 Å². The molecule has 0 saturated carbocycles. The Morgan fingerprint density at radius 1 is 0.618 bits per heavy atom. The van der Waals surface area contributed by atoms with Crippen LogP contribution in [0.1, 0.15) is 27.0 Å². The molecule has 2 aliphatic heterocycles. The number of nitrogens with two attached hydrogens (primary N) is 1. The number of hydrazone groups is 1. The maximum absolute atomic E-state index is 12.0. The van der Waals surface area contributed by atoms with Gasteiger partial charge in [0.2, 0.25) is 5.91 Å². The van der Waals surface area contributed by atoms with Crippen LogP contribution in [0.2, 0.25) is 10.0 Å². The summed E-state index contributed by atoms with van der Waals surface area (Å²) in [7, 11) is 0.500. The van der Waals surface area contributed by atoms with Gasteiger partial charge in [0.15, 0.2) is 6.29 Å². The van der Waals surface area contributed by atoms with Crippen molar-refractivity contribution in [1.29, 1.82) is 0 Å². The highest BCUT2D eigenvalue weighted by Crippen LogP contribution is 2.13. The Labute approximate surface area is 333 Å². The molecule has 0 bridgehead atoms. The van der Waals surface area contributed by atoms with Crippen molar-refractivity contribution in [2.45, 2.75) is 13.1 Å². The molecule has 14 heteroatoms. The topological polar surface area (TPSA) is 127 Å². The highest BCUT2D eigenvalue weighted by molar-refractivity contribution is 6.33. The van der Waals surface area contributed by atoms with Crippen molar-refractivity contribution in [2.24, 2.45) is 10.9 Å². The minimum atomic E-state index is -0.119. The fraction of sp³-hybridized carbons (Fsp3) is 0.317. The molecule has 0 aromatic heterocycles. The normalized spacial score (nSPS) is 14.9. The summed E-state index contributed by atoms with van der Waals surface area (Å²) in [6.07, 6.45) is 2.31. The van der Waals surface area contributed by atoms with Crippen molar-refractivity contribution in [2.75, 3.05) is 72.6 Å². The fourth-order valence-corrected chi connectivity index (χ4v) is 6.07. The van der Waals surface area contributed by atoms with E-state index in [-0.39, 0.29) is 11.8 Å². The number of benzene rings is 4. The number of carbonyl (C=O) groups is 3. The average Bonchev–Trinajstić information content (AvgIpc) is 3.22. The van der Waals surface area contributed by atoms with E-state index in [0.29, 0.717) is 35.9 Å². The van der Waals surface area contributed by atoms with Crippen LogP contribution in [0, 0.1) is 0 Å². The number of alkyl halides is 1. The minimum Gasteiger partial charge on any atom is -0.298 e. The zero-order valence-electron chi connectivity index (χ0n) is 31.2. The average molecular weight is 794 g/mol. The van der Waals surface area contributed by atoms with Crippen molar-refractivity contribution in [3.8, 4) is 0 Å². The molecule has 2 fully saturated rings. The monoisotopic (exact) mass is 792 g/mol. The summed E-state index contributed by atoms with van der Waals surface area (Å²) in [5, 5.41) is 5.11. The van der Waals surface area contributed by atoms with Crippen molar-refractivity contribution in [1.82, 2.24) is 30.5 Å². The second kappa shape index (κ2) is 26.3. The Balaban J connectivity index is 0.000000241. The van der Waals surface area contributed by atoms with E-state index < -0.39 is 0 Å². The molecule has 294 valence electrons. The van der Waals surface area contributed by atoms with E-state index >= 15 is 0 Å². The molecule has 4 N–H and O–H groups in total. The van der Waals surface area contributed by atoms with Gasteiger partial charge in [-0.25, -0.2) is 11.3 Å². The van der Waals surface area contributed by atoms with Crippen molar-refractivity contribution >= 4 is 47.5 Å². The Morgan fingerprint density at radius 3 is 1.40 bits per heavy atom. The summed E-state index contributed by atoms with van der Waals surface area (Å²) >= 11 is 11.6. The van der Waals surface area contributed by atoms with Crippen LogP contribution < -0.4 is 16.7 Å². The Hall–Kier alpha value is -4.53. The SMILES string of the molecule is CF.NNC(=O)CN1CCN(Cc2ccccc2)CC1.O=C(CN1CCN(Cc2ccccc2)CC1)N/N=C/c1ccccc1Cl.O=Cc1ccccc1Cl. The molecule has 2 amide bonds. The number of hydrogen-bond donors (Lipinski definition) is 3. The van der Waals surface area contributed by atoms with Gasteiger partial charge in [0.25, 0.3) is 5.91 Å². The lowest BCUT2D eigenvalue weighted by Gasteiger charge is -2.34. The molecule has 2 heterocycles. The molecule has 2 aliphatic rings. The van der Waals surface area contributed by atoms with Crippen LogP contribution in [0.3, 0.4) is 0 Å². The van der Waals surface area contributed by atoms with E-state index in [1.54, 1.807) is 36.5 Å². The first-order chi connectivity index (χ1) is 26.8. The van der Waals surface area contributed by atoms with Crippen molar-refractivity contribution in [3.05, 3.63) is 141 Å². The van der Waals surface area contributed by atoms with E-state index in [9.17, 15) is 18.8 Å². The molecule has 2 saturated heterocycles. The molecule has 11 nitrogen and oxygen atoms in total. The first-order valence-electron chi connectivity index (χ1n) is 17.9. The van der Waals surface area contributed by atoms with Crippen molar-refractivity contribution in [3.63, 3.8) is 0 Å². The van der Waals surface area contributed by atoms with E-state index in [1.807, 2.05) is 30.3 Å². The predicted octanol–water partition coefficient (Wildman–Crippen LogP) is 5.14. The van der Waals surface area contributed by atoms with E-state index in [1.165, 1.54) is 11.1 Å². The van der Waals surface area contributed by atoms with E-state index in [2.05, 4.69) is 84.1 Å². The molecule has 0 atom stereocenters. The fourth-order valence-electron chi connectivity index (χ4n) is 5.71. The maximum Gasteiger partial charge on any atom is 0.254 e. The molecule has 6 rings (SSSR count). The number of rotatable bonds is 11. The lowest BCUT2D eigenvalue weighted by molar-refractivity contribution is -0.123. The van der Waals surface area contributed by atoms with Gasteiger partial charge in [-0.2, -0.15) is 5.10 Å². The highest BCUT2D eigenvalue weighted by Gasteiger charge is 2.20. The third-order valence-corrected chi connectivity index (χ3v) is 9.34. The lowest BCUT2D eigenvalue weighted by atomic mass is 10.2. The van der Waals surface area contributed by atoms with Crippen LogP contribution in [0.15, 0.2) is 114 Å². The number of nitrogens with zero attached hydrogens (tertiary/aromatic N) is 5. The highest BCUT2D eigenvalue weighted by atomic mass is 35.5. The van der Waals surface area contributed by atoms with Gasteiger partial charge in [-0.15, -0.1) is 0 Å². The zero-order valence-corrected chi connectivity index (χ0v) is 32.7. The third-order valence-electron chi connectivity index (χ3n) is 8.65. The molecular weight excluding hydrogens is 742 g/mol. The van der Waals surface area contributed by atoms with Gasteiger partial charge in [-0.3, -0.25) is 43.8 Å². The molecule has 0 unspecified atom stereocenters. The summed E-state index contributed by atoms with van der Waals surface area (Å²) < 4.78 is 9.50. The molecule has 0 spiro atoms. The number of amides is 2. The lowest BCUT2D eigenvalue weighted by Crippen LogP contribution is -2.49. The molecule has 0 aliphatic carbocycles. The maximum atomic E-state index is 12.0. The summed E-state index contributed by atoms with van der Waals surface area (Å²) in [6.45, 7) is 10.2. The largest absolute Gasteiger partial charge is 0.298 e. The van der Waals surface area contributed by atoms with Crippen LogP contribution >= 0.6 is 23.2 Å². The summed E-state index contributed by atoms with van der Waals surface area (Å²) in [5.74, 6) is 4.86. The second-order valence-electron chi connectivity index (χ2n) is 12.6. The van der Waals surface area contributed by atoms with Crippen LogP contribution in [-0.4, -0.2) is 117 Å². The molecule has 55 heavy (non-hydrogen) atoms. The molecule has 4 aromatic carbocycles. The third kappa shape index (κ3) is 17.7. The Kier molecular flexibility index (Phi) is 21.5. The number of aldehydes is 1. The number of halogens is 3. The Morgan fingerprint density at radius 2 is 1.00 bits per heavy atom. The summed E-state index contributed by atoms with van der Waals surface area (Å²) in [6, 6.07) is 35.2. The molecule has 4 aromatic rings. The predicted molar refractivity (Wildman–Crippen MR) is 220 cm³/mol. The number of hydrazine groups is 1. The molecular formula is C41H51Cl2FN8O3. The van der Waals surface area contributed by atoms with Crippen LogP contribution in [0.25, 0.3) is 0 Å². The number of nitrogens with one attached hydrogen (secondary N) is 2. The van der Waals surface area contributed by atoms with Gasteiger partial charge >= 0.3 is 0 Å². The summed E-state index contributed by atoms with van der Waals surface area (Å²) in [5.41, 5.74) is 8.73. The zero-order chi connectivity index (χ0) is 39.7. The number of hydrogen-bond acceptors (Lipinski definition) is 9. The van der Waals surface area contributed by atoms with Gasteiger partial charge < -0.3 is 0 Å². The molecule has 0 radical (unpaired) electrons. The van der Waals surface area contributed by atoms with E-state index in [0.717, 1.165) is 77.3 Å². The van der Waals surface area contributed by atoms with Gasteiger partial charge in [0.1, 0.15) is 0 Å². The smallest absolute Gasteiger partial charge is 0.254 e. The first-order valence-corrected chi connectivity index (χ1v) is 18.7. The van der Waals surface area contributed by atoms with Crippen molar-refractivity contribution < 1.29 is 18.8 Å². The number of carbonyl (C=O) groups excluding carboxylic acids is 3.